The molecule has 0 N–H and O–H groups in total. The summed E-state index contributed by atoms with van der Waals surface area (Å²) >= 11 is 0. The first-order valence-corrected chi connectivity index (χ1v) is 5.71. The van der Waals surface area contributed by atoms with E-state index in [4.69, 9.17) is 4.74 Å². The van der Waals surface area contributed by atoms with Gasteiger partial charge in [0.15, 0.2) is 0 Å². The summed E-state index contributed by atoms with van der Waals surface area (Å²) in [5.74, 6) is 1.51. The highest BCUT2D eigenvalue weighted by molar-refractivity contribution is 5.29. The molecule has 0 amide bonds. The van der Waals surface area contributed by atoms with Crippen molar-refractivity contribution in [1.29, 1.82) is 0 Å². The van der Waals surface area contributed by atoms with Crippen LogP contribution in [0.2, 0.25) is 0 Å². The Bertz CT molecular complexity index is 520. The molecule has 2 aromatic rings. The van der Waals surface area contributed by atoms with Crippen molar-refractivity contribution in [1.82, 2.24) is 4.98 Å². The van der Waals surface area contributed by atoms with E-state index in [0.29, 0.717) is 17.5 Å². The molecule has 1 heterocycles. The van der Waals surface area contributed by atoms with Crippen LogP contribution in [0.4, 0.5) is 4.39 Å². The van der Waals surface area contributed by atoms with Crippen molar-refractivity contribution < 1.29 is 9.13 Å². The summed E-state index contributed by atoms with van der Waals surface area (Å²) < 4.78 is 18.3. The maximum atomic E-state index is 12.7. The first kappa shape index (κ1) is 10.3. The van der Waals surface area contributed by atoms with E-state index in [0.717, 1.165) is 5.69 Å². The van der Waals surface area contributed by atoms with Crippen LogP contribution in [0.25, 0.3) is 0 Å². The molecule has 1 aliphatic rings. The van der Waals surface area contributed by atoms with E-state index in [1.807, 2.05) is 18.2 Å². The molecule has 2 nitrogen and oxygen atoms in total. The van der Waals surface area contributed by atoms with Crippen LogP contribution in [0.5, 0.6) is 11.6 Å². The lowest BCUT2D eigenvalue weighted by Crippen LogP contribution is -1.91. The molecule has 0 unspecified atom stereocenters. The second kappa shape index (κ2) is 4.17. The monoisotopic (exact) mass is 229 g/mol. The number of halogens is 1. The smallest absolute Gasteiger partial charge is 0.219 e. The number of aromatic nitrogens is 1. The van der Waals surface area contributed by atoms with Gasteiger partial charge in [-0.3, -0.25) is 0 Å². The molecule has 0 spiro atoms. The molecule has 0 radical (unpaired) electrons. The van der Waals surface area contributed by atoms with Crippen molar-refractivity contribution in [2.24, 2.45) is 0 Å². The third kappa shape index (κ3) is 2.44. The Morgan fingerprint density at radius 3 is 2.53 bits per heavy atom. The summed E-state index contributed by atoms with van der Waals surface area (Å²) in [6.45, 7) is 0. The first-order chi connectivity index (χ1) is 8.31. The number of hydrogen-bond donors (Lipinski definition) is 0. The Hall–Kier alpha value is -1.90. The number of benzene rings is 1. The molecule has 3 rings (SSSR count). The maximum Gasteiger partial charge on any atom is 0.219 e. The fourth-order valence-electron chi connectivity index (χ4n) is 1.72. The van der Waals surface area contributed by atoms with Crippen LogP contribution in [0.15, 0.2) is 42.5 Å². The van der Waals surface area contributed by atoms with Crippen LogP contribution in [0, 0.1) is 5.82 Å². The van der Waals surface area contributed by atoms with Gasteiger partial charge in [0.1, 0.15) is 11.6 Å². The first-order valence-electron chi connectivity index (χ1n) is 5.71. The maximum absolute atomic E-state index is 12.7. The molecule has 3 heteroatoms. The fraction of sp³-hybridized carbons (Fsp3) is 0.214. The van der Waals surface area contributed by atoms with Gasteiger partial charge in [0, 0.05) is 17.7 Å². The number of hydrogen-bond acceptors (Lipinski definition) is 2. The average molecular weight is 229 g/mol. The summed E-state index contributed by atoms with van der Waals surface area (Å²) in [5.41, 5.74) is 1.09. The van der Waals surface area contributed by atoms with E-state index < -0.39 is 0 Å². The topological polar surface area (TPSA) is 22.1 Å². The van der Waals surface area contributed by atoms with E-state index in [1.165, 1.54) is 25.0 Å². The Morgan fingerprint density at radius 1 is 1.06 bits per heavy atom. The summed E-state index contributed by atoms with van der Waals surface area (Å²) in [4.78, 5) is 4.44. The quantitative estimate of drug-likeness (QED) is 0.796. The Kier molecular flexibility index (Phi) is 2.52. The van der Waals surface area contributed by atoms with Gasteiger partial charge in [-0.2, -0.15) is 0 Å². The van der Waals surface area contributed by atoms with Gasteiger partial charge in [0.2, 0.25) is 5.88 Å². The minimum Gasteiger partial charge on any atom is -0.439 e. The average Bonchev–Trinajstić information content (AvgIpc) is 3.17. The zero-order chi connectivity index (χ0) is 11.7. The summed E-state index contributed by atoms with van der Waals surface area (Å²) in [6, 6.07) is 11.7. The summed E-state index contributed by atoms with van der Waals surface area (Å²) in [6.07, 6.45) is 2.43. The summed E-state index contributed by atoms with van der Waals surface area (Å²) in [5, 5.41) is 0. The van der Waals surface area contributed by atoms with E-state index >= 15 is 0 Å². The highest BCUT2D eigenvalue weighted by Crippen LogP contribution is 2.39. The lowest BCUT2D eigenvalue weighted by molar-refractivity contribution is 0.459. The lowest BCUT2D eigenvalue weighted by Gasteiger charge is -2.05. The van der Waals surface area contributed by atoms with Crippen LogP contribution >= 0.6 is 0 Å². The van der Waals surface area contributed by atoms with Gasteiger partial charge >= 0.3 is 0 Å². The van der Waals surface area contributed by atoms with E-state index in [2.05, 4.69) is 4.98 Å². The minimum absolute atomic E-state index is 0.267. The Balaban J connectivity index is 1.79. The van der Waals surface area contributed by atoms with E-state index in [-0.39, 0.29) is 5.82 Å². The van der Waals surface area contributed by atoms with Gasteiger partial charge < -0.3 is 4.74 Å². The van der Waals surface area contributed by atoms with Crippen molar-refractivity contribution in [3.63, 3.8) is 0 Å². The second-order valence-corrected chi connectivity index (χ2v) is 4.23. The number of pyridine rings is 1. The predicted octanol–water partition coefficient (Wildman–Crippen LogP) is 3.89. The van der Waals surface area contributed by atoms with Crippen molar-refractivity contribution in [2.75, 3.05) is 0 Å². The van der Waals surface area contributed by atoms with Crippen LogP contribution in [-0.2, 0) is 0 Å². The van der Waals surface area contributed by atoms with Gasteiger partial charge in [0.25, 0.3) is 0 Å². The van der Waals surface area contributed by atoms with Crippen LogP contribution < -0.4 is 4.74 Å². The highest BCUT2D eigenvalue weighted by Gasteiger charge is 2.25. The molecule has 0 saturated heterocycles. The Labute approximate surface area is 99.1 Å². The Morgan fingerprint density at radius 2 is 1.82 bits per heavy atom. The number of ether oxygens (including phenoxy) is 1. The standard InChI is InChI=1S/C14H12FNO/c15-11-6-8-12(9-7-11)17-14-3-1-2-13(16-14)10-4-5-10/h1-3,6-10H,4-5H2. The van der Waals surface area contributed by atoms with E-state index in [1.54, 1.807) is 12.1 Å². The number of rotatable bonds is 3. The third-order valence-electron chi connectivity index (χ3n) is 2.78. The molecule has 0 bridgehead atoms. The van der Waals surface area contributed by atoms with E-state index in [9.17, 15) is 4.39 Å². The van der Waals surface area contributed by atoms with Crippen molar-refractivity contribution in [3.05, 3.63) is 54.0 Å². The highest BCUT2D eigenvalue weighted by atomic mass is 19.1. The molecular formula is C14H12FNO. The molecule has 17 heavy (non-hydrogen) atoms. The van der Waals surface area contributed by atoms with Gasteiger partial charge in [0.05, 0.1) is 0 Å². The summed E-state index contributed by atoms with van der Waals surface area (Å²) in [7, 11) is 0. The van der Waals surface area contributed by atoms with Gasteiger partial charge in [-0.25, -0.2) is 9.37 Å². The predicted molar refractivity (Wildman–Crippen MR) is 62.7 cm³/mol. The van der Waals surface area contributed by atoms with Gasteiger partial charge in [-0.15, -0.1) is 0 Å². The molecule has 1 fully saturated rings. The molecule has 0 atom stereocenters. The number of nitrogens with zero attached hydrogens (tertiary/aromatic N) is 1. The molecular weight excluding hydrogens is 217 g/mol. The second-order valence-electron chi connectivity index (χ2n) is 4.23. The van der Waals surface area contributed by atoms with Crippen molar-refractivity contribution in [2.45, 2.75) is 18.8 Å². The molecule has 86 valence electrons. The van der Waals surface area contributed by atoms with Crippen LogP contribution in [0.3, 0.4) is 0 Å². The van der Waals surface area contributed by atoms with Crippen LogP contribution in [0.1, 0.15) is 24.5 Å². The van der Waals surface area contributed by atoms with Crippen molar-refractivity contribution in [3.8, 4) is 11.6 Å². The molecule has 1 aliphatic carbocycles. The molecule has 1 aromatic carbocycles. The fourth-order valence-corrected chi connectivity index (χ4v) is 1.72. The van der Waals surface area contributed by atoms with Gasteiger partial charge in [-0.05, 0) is 43.2 Å². The van der Waals surface area contributed by atoms with Gasteiger partial charge in [-0.1, -0.05) is 6.07 Å². The molecule has 0 aliphatic heterocycles. The lowest BCUT2D eigenvalue weighted by atomic mass is 10.2. The van der Waals surface area contributed by atoms with Crippen molar-refractivity contribution >= 4 is 0 Å². The third-order valence-corrected chi connectivity index (χ3v) is 2.78. The normalized spacial score (nSPS) is 14.6. The SMILES string of the molecule is Fc1ccc(Oc2cccc(C3CC3)n2)cc1. The zero-order valence-corrected chi connectivity index (χ0v) is 9.27. The molecule has 1 saturated carbocycles. The largest absolute Gasteiger partial charge is 0.439 e. The zero-order valence-electron chi connectivity index (χ0n) is 9.27. The minimum atomic E-state index is -0.267. The molecule has 1 aromatic heterocycles. The van der Waals surface area contributed by atoms with Crippen LogP contribution in [-0.4, -0.2) is 4.98 Å².